The molecule has 0 amide bonds. The average molecular weight is 351 g/mol. The molecule has 0 aliphatic carbocycles. The maximum Gasteiger partial charge on any atom is 0.339 e. The number of nitro groups is 1. The van der Waals surface area contributed by atoms with Crippen LogP contribution in [0.4, 0.5) is 5.69 Å². The Bertz CT molecular complexity index is 462. The highest BCUT2D eigenvalue weighted by Crippen LogP contribution is 2.42. The van der Waals surface area contributed by atoms with Gasteiger partial charge in [0.2, 0.25) is 0 Å². The second-order valence-corrected chi connectivity index (χ2v) is 5.04. The lowest BCUT2D eigenvalue weighted by Gasteiger charge is -2.24. The largest absolute Gasteiger partial charge is 0.446 e. The zero-order valence-corrected chi connectivity index (χ0v) is 10.9. The fourth-order valence-electron chi connectivity index (χ4n) is 1.54. The highest BCUT2D eigenvalue weighted by molar-refractivity contribution is 9.12. The van der Waals surface area contributed by atoms with Crippen LogP contribution >= 0.6 is 31.9 Å². The molecule has 1 aromatic carbocycles. The normalized spacial score (nSPS) is 23.5. The van der Waals surface area contributed by atoms with E-state index in [1.165, 1.54) is 18.2 Å². The number of benzene rings is 1. The van der Waals surface area contributed by atoms with Crippen LogP contribution in [0, 0.1) is 10.1 Å². The first kappa shape index (κ1) is 11.5. The Morgan fingerprint density at radius 3 is 2.69 bits per heavy atom. The molecule has 2 rings (SSSR count). The number of rotatable bonds is 1. The number of nitro benzene ring substituents is 1. The van der Waals surface area contributed by atoms with Gasteiger partial charge in [0.15, 0.2) is 5.01 Å². The van der Waals surface area contributed by atoms with Gasteiger partial charge in [-0.25, -0.2) is 4.79 Å². The lowest BCUT2D eigenvalue weighted by molar-refractivity contribution is -0.385. The minimum absolute atomic E-state index is 0.0829. The molecule has 0 fully saturated rings. The van der Waals surface area contributed by atoms with Gasteiger partial charge in [0.1, 0.15) is 0 Å². The number of cyclic esters (lactones) is 1. The number of carbonyl (C=O) groups is 1. The number of nitrogens with zero attached hydrogens (tertiary/aromatic N) is 1. The van der Waals surface area contributed by atoms with Gasteiger partial charge in [-0.2, -0.15) is 0 Å². The van der Waals surface area contributed by atoms with Gasteiger partial charge in [-0.05, 0) is 22.0 Å². The van der Waals surface area contributed by atoms with Crippen LogP contribution in [-0.4, -0.2) is 15.9 Å². The monoisotopic (exact) mass is 349 g/mol. The molecule has 0 aromatic heterocycles. The van der Waals surface area contributed by atoms with Crippen LogP contribution in [0.25, 0.3) is 0 Å². The van der Waals surface area contributed by atoms with Gasteiger partial charge in [-0.3, -0.25) is 10.1 Å². The van der Waals surface area contributed by atoms with E-state index in [-0.39, 0.29) is 11.3 Å². The second kappa shape index (κ2) is 4.14. The van der Waals surface area contributed by atoms with Crippen molar-refractivity contribution in [2.75, 3.05) is 0 Å². The molecular weight excluding hydrogens is 346 g/mol. The molecule has 16 heavy (non-hydrogen) atoms. The fraction of sp³-hybridized carbons (Fsp3) is 0.222. The van der Waals surface area contributed by atoms with E-state index in [4.69, 9.17) is 4.74 Å². The summed E-state index contributed by atoms with van der Waals surface area (Å²) in [5.74, 6) is -0.559. The van der Waals surface area contributed by atoms with Crippen molar-refractivity contribution < 1.29 is 14.5 Å². The Labute approximate surface area is 107 Å². The van der Waals surface area contributed by atoms with E-state index in [1.807, 2.05) is 0 Å². The molecule has 0 unspecified atom stereocenters. The maximum absolute atomic E-state index is 11.5. The van der Waals surface area contributed by atoms with Crippen molar-refractivity contribution in [1.82, 2.24) is 0 Å². The first-order valence-corrected chi connectivity index (χ1v) is 6.12. The molecule has 0 radical (unpaired) electrons. The molecule has 0 N–H and O–H groups in total. The van der Waals surface area contributed by atoms with Crippen molar-refractivity contribution in [3.05, 3.63) is 39.4 Å². The molecule has 1 aliphatic rings. The summed E-state index contributed by atoms with van der Waals surface area (Å²) < 4.78 is 4.97. The first-order chi connectivity index (χ1) is 7.52. The minimum Gasteiger partial charge on any atom is -0.446 e. The van der Waals surface area contributed by atoms with E-state index in [0.29, 0.717) is 5.56 Å². The van der Waals surface area contributed by atoms with Gasteiger partial charge in [-0.15, -0.1) is 0 Å². The van der Waals surface area contributed by atoms with Crippen molar-refractivity contribution in [1.29, 1.82) is 0 Å². The van der Waals surface area contributed by atoms with Gasteiger partial charge < -0.3 is 4.74 Å². The van der Waals surface area contributed by atoms with Crippen molar-refractivity contribution >= 4 is 43.5 Å². The van der Waals surface area contributed by atoms with Gasteiger partial charge in [0.25, 0.3) is 5.69 Å². The third kappa shape index (κ3) is 1.73. The SMILES string of the molecule is O=C1O[C@H](Br)[C@@H](Br)c2c1cccc2[N+](=O)[O-]. The van der Waals surface area contributed by atoms with Crippen molar-refractivity contribution in [3.63, 3.8) is 0 Å². The van der Waals surface area contributed by atoms with Gasteiger partial charge in [0.05, 0.1) is 20.9 Å². The zero-order chi connectivity index (χ0) is 11.9. The maximum atomic E-state index is 11.5. The molecule has 84 valence electrons. The molecule has 2 atom stereocenters. The number of halogens is 2. The summed E-state index contributed by atoms with van der Waals surface area (Å²) in [4.78, 5) is 21.4. The number of hydrogen-bond donors (Lipinski definition) is 0. The van der Waals surface area contributed by atoms with E-state index in [9.17, 15) is 14.9 Å². The third-order valence-electron chi connectivity index (χ3n) is 2.23. The molecule has 0 spiro atoms. The second-order valence-electron chi connectivity index (χ2n) is 3.15. The van der Waals surface area contributed by atoms with E-state index < -0.39 is 20.7 Å². The Balaban J connectivity index is 2.67. The number of hydrogen-bond acceptors (Lipinski definition) is 4. The van der Waals surface area contributed by atoms with E-state index in [1.54, 1.807) is 0 Å². The Hall–Kier alpha value is -0.950. The molecule has 1 aliphatic heterocycles. The Kier molecular flexibility index (Phi) is 2.98. The van der Waals surface area contributed by atoms with E-state index >= 15 is 0 Å². The number of ether oxygens (including phenoxy) is 1. The predicted octanol–water partition coefficient (Wildman–Crippen LogP) is 2.92. The van der Waals surface area contributed by atoms with Gasteiger partial charge >= 0.3 is 5.97 Å². The summed E-state index contributed by atoms with van der Waals surface area (Å²) >= 11 is 6.41. The fourth-order valence-corrected chi connectivity index (χ4v) is 2.56. The third-order valence-corrected chi connectivity index (χ3v) is 4.59. The van der Waals surface area contributed by atoms with Crippen LogP contribution in [0.15, 0.2) is 18.2 Å². The van der Waals surface area contributed by atoms with Crippen LogP contribution < -0.4 is 0 Å². The summed E-state index contributed by atoms with van der Waals surface area (Å²) in [6.45, 7) is 0. The topological polar surface area (TPSA) is 69.4 Å². The molecular formula is C9H5Br2NO4. The summed E-state index contributed by atoms with van der Waals surface area (Å²) in [6, 6.07) is 4.34. The van der Waals surface area contributed by atoms with Gasteiger partial charge in [0, 0.05) is 6.07 Å². The van der Waals surface area contributed by atoms with Crippen LogP contribution in [0.1, 0.15) is 20.7 Å². The van der Waals surface area contributed by atoms with Crippen molar-refractivity contribution in [2.45, 2.75) is 9.84 Å². The highest BCUT2D eigenvalue weighted by atomic mass is 79.9. The lowest BCUT2D eigenvalue weighted by atomic mass is 10.0. The molecule has 7 heteroatoms. The molecule has 0 saturated heterocycles. The van der Waals surface area contributed by atoms with Gasteiger partial charge in [-0.1, -0.05) is 22.0 Å². The van der Waals surface area contributed by atoms with E-state index in [0.717, 1.165) is 0 Å². The number of fused-ring (bicyclic) bond motifs is 1. The van der Waals surface area contributed by atoms with Crippen LogP contribution in [-0.2, 0) is 4.74 Å². The molecule has 5 nitrogen and oxygen atoms in total. The Morgan fingerprint density at radius 1 is 1.38 bits per heavy atom. The molecule has 1 aromatic rings. The summed E-state index contributed by atoms with van der Waals surface area (Å²) in [6.07, 6.45) is 0. The zero-order valence-electron chi connectivity index (χ0n) is 7.72. The van der Waals surface area contributed by atoms with Crippen molar-refractivity contribution in [2.24, 2.45) is 0 Å². The van der Waals surface area contributed by atoms with Crippen LogP contribution in [0.3, 0.4) is 0 Å². The van der Waals surface area contributed by atoms with Crippen molar-refractivity contribution in [3.8, 4) is 0 Å². The van der Waals surface area contributed by atoms with E-state index in [2.05, 4.69) is 31.9 Å². The number of carbonyl (C=O) groups excluding carboxylic acids is 1. The van der Waals surface area contributed by atoms with Crippen LogP contribution in [0.5, 0.6) is 0 Å². The molecule has 0 saturated carbocycles. The summed E-state index contributed by atoms with van der Waals surface area (Å²) in [5.41, 5.74) is 0.498. The molecule has 1 heterocycles. The molecule has 0 bridgehead atoms. The standard InChI is InChI=1S/C9H5Br2NO4/c10-7-6-4(9(13)16-8(7)11)2-1-3-5(6)12(14)15/h1-3,7-8H/t7-,8-/m0/s1. The quantitative estimate of drug-likeness (QED) is 0.338. The summed E-state index contributed by atoms with van der Waals surface area (Å²) in [7, 11) is 0. The Morgan fingerprint density at radius 2 is 2.06 bits per heavy atom. The lowest BCUT2D eigenvalue weighted by Crippen LogP contribution is -2.25. The smallest absolute Gasteiger partial charge is 0.339 e. The average Bonchev–Trinajstić information content (AvgIpc) is 2.25. The first-order valence-electron chi connectivity index (χ1n) is 4.29. The predicted molar refractivity (Wildman–Crippen MR) is 62.9 cm³/mol. The number of esters is 1. The van der Waals surface area contributed by atoms with Crippen LogP contribution in [0.2, 0.25) is 0 Å². The summed E-state index contributed by atoms with van der Waals surface area (Å²) in [5, 5.41) is 10.2. The minimum atomic E-state index is -0.603. The number of alkyl halides is 2. The highest BCUT2D eigenvalue weighted by Gasteiger charge is 2.37.